The molecular formula is C15H15N3O4. The van der Waals surface area contributed by atoms with E-state index in [-0.39, 0.29) is 12.0 Å². The number of carbonyl (C=O) groups is 1. The molecule has 0 aliphatic carbocycles. The molecule has 1 atom stereocenters. The first-order chi connectivity index (χ1) is 10.6. The van der Waals surface area contributed by atoms with E-state index in [0.29, 0.717) is 36.7 Å². The second-order valence-electron chi connectivity index (χ2n) is 5.09. The Morgan fingerprint density at radius 2 is 2.27 bits per heavy atom. The van der Waals surface area contributed by atoms with E-state index in [1.54, 1.807) is 17.9 Å². The highest BCUT2D eigenvalue weighted by Crippen LogP contribution is 2.19. The third-order valence-corrected chi connectivity index (χ3v) is 3.38. The fourth-order valence-electron chi connectivity index (χ4n) is 2.42. The number of hydrogen-bond donors (Lipinski definition) is 0. The fraction of sp³-hybridized carbons (Fsp3) is 0.333. The van der Waals surface area contributed by atoms with Crippen LogP contribution in [0.2, 0.25) is 0 Å². The molecule has 1 fully saturated rings. The molecule has 1 unspecified atom stereocenters. The number of hydrogen-bond acceptors (Lipinski definition) is 6. The van der Waals surface area contributed by atoms with Crippen LogP contribution in [0.4, 0.5) is 0 Å². The Kier molecular flexibility index (Phi) is 3.86. The number of amides is 1. The van der Waals surface area contributed by atoms with E-state index in [9.17, 15) is 9.59 Å². The van der Waals surface area contributed by atoms with E-state index in [0.717, 1.165) is 0 Å². The normalized spacial score (nSPS) is 17.5. The number of likely N-dealkylation sites (tertiary alicyclic amines) is 1. The Morgan fingerprint density at radius 1 is 1.41 bits per heavy atom. The van der Waals surface area contributed by atoms with Crippen LogP contribution >= 0.6 is 0 Å². The molecule has 0 bridgehead atoms. The second-order valence-corrected chi connectivity index (χ2v) is 5.09. The molecular weight excluding hydrogens is 286 g/mol. The van der Waals surface area contributed by atoms with Gasteiger partial charge in [0.25, 0.3) is 5.91 Å². The molecule has 1 amide bonds. The van der Waals surface area contributed by atoms with Crippen LogP contribution in [0.3, 0.4) is 0 Å². The van der Waals surface area contributed by atoms with Crippen molar-refractivity contribution in [1.82, 2.24) is 14.9 Å². The van der Waals surface area contributed by atoms with Gasteiger partial charge in [0, 0.05) is 31.4 Å². The summed E-state index contributed by atoms with van der Waals surface area (Å²) in [5, 5.41) is 0. The summed E-state index contributed by atoms with van der Waals surface area (Å²) in [6, 6.07) is 2.97. The summed E-state index contributed by atoms with van der Waals surface area (Å²) in [6.45, 7) is 2.72. The van der Waals surface area contributed by atoms with E-state index >= 15 is 0 Å². The Morgan fingerprint density at radius 3 is 3.00 bits per heavy atom. The smallest absolute Gasteiger partial charge is 0.339 e. The predicted molar refractivity (Wildman–Crippen MR) is 76.7 cm³/mol. The zero-order valence-electron chi connectivity index (χ0n) is 12.1. The Labute approximate surface area is 126 Å². The summed E-state index contributed by atoms with van der Waals surface area (Å²) in [5.74, 6) is 0.795. The van der Waals surface area contributed by atoms with Gasteiger partial charge in [0.1, 0.15) is 23.3 Å². The molecule has 0 aromatic carbocycles. The SMILES string of the molecule is Cc1cc(OC2CCN(C(=O)c3cnccn3)C2)cc(=O)o1. The van der Waals surface area contributed by atoms with Gasteiger partial charge in [0.05, 0.1) is 18.8 Å². The molecule has 7 heteroatoms. The summed E-state index contributed by atoms with van der Waals surface area (Å²) in [6.07, 6.45) is 5.01. The van der Waals surface area contributed by atoms with Gasteiger partial charge in [-0.05, 0) is 6.92 Å². The Bertz CT molecular complexity index is 729. The number of rotatable bonds is 3. The minimum atomic E-state index is -0.444. The van der Waals surface area contributed by atoms with Gasteiger partial charge in [0.2, 0.25) is 0 Å². The highest BCUT2D eigenvalue weighted by molar-refractivity contribution is 5.92. The average Bonchev–Trinajstić information content (AvgIpc) is 2.95. The largest absolute Gasteiger partial charge is 0.488 e. The summed E-state index contributed by atoms with van der Waals surface area (Å²) in [5.41, 5.74) is -0.125. The van der Waals surface area contributed by atoms with Crippen molar-refractivity contribution >= 4 is 5.91 Å². The molecule has 3 heterocycles. The first-order valence-corrected chi connectivity index (χ1v) is 6.95. The second kappa shape index (κ2) is 5.97. The predicted octanol–water partition coefficient (Wildman–Crippen LogP) is 1.03. The molecule has 3 rings (SSSR count). The first kappa shape index (κ1) is 14.2. The maximum atomic E-state index is 12.3. The molecule has 1 aliphatic heterocycles. The van der Waals surface area contributed by atoms with Gasteiger partial charge in [-0.15, -0.1) is 0 Å². The molecule has 22 heavy (non-hydrogen) atoms. The van der Waals surface area contributed by atoms with Gasteiger partial charge in [-0.25, -0.2) is 9.78 Å². The van der Waals surface area contributed by atoms with Crippen LogP contribution < -0.4 is 10.4 Å². The van der Waals surface area contributed by atoms with Crippen LogP contribution in [0.1, 0.15) is 22.7 Å². The standard InChI is InChI=1S/C15H15N3O4/c1-10-6-12(7-14(19)21-10)22-11-2-5-18(9-11)15(20)13-8-16-3-4-17-13/h3-4,6-8,11H,2,5,9H2,1H3. The van der Waals surface area contributed by atoms with Crippen molar-refractivity contribution in [2.24, 2.45) is 0 Å². The zero-order chi connectivity index (χ0) is 15.5. The number of aryl methyl sites for hydroxylation is 1. The third-order valence-electron chi connectivity index (χ3n) is 3.38. The van der Waals surface area contributed by atoms with Gasteiger partial charge in [0.15, 0.2) is 0 Å². The highest BCUT2D eigenvalue weighted by atomic mass is 16.5. The Hall–Kier alpha value is -2.70. The maximum Gasteiger partial charge on any atom is 0.339 e. The lowest BCUT2D eigenvalue weighted by atomic mass is 10.3. The summed E-state index contributed by atoms with van der Waals surface area (Å²) in [7, 11) is 0. The van der Waals surface area contributed by atoms with Crippen molar-refractivity contribution in [2.75, 3.05) is 13.1 Å². The van der Waals surface area contributed by atoms with Crippen molar-refractivity contribution in [1.29, 1.82) is 0 Å². The maximum absolute atomic E-state index is 12.3. The molecule has 2 aromatic heterocycles. The summed E-state index contributed by atoms with van der Waals surface area (Å²) in [4.78, 5) is 33.1. The fourth-order valence-corrected chi connectivity index (χ4v) is 2.42. The zero-order valence-corrected chi connectivity index (χ0v) is 12.1. The van der Waals surface area contributed by atoms with Crippen LogP contribution in [0.15, 0.2) is 39.9 Å². The van der Waals surface area contributed by atoms with Crippen LogP contribution in [0, 0.1) is 6.92 Å². The average molecular weight is 301 g/mol. The van der Waals surface area contributed by atoms with Crippen molar-refractivity contribution in [3.8, 4) is 5.75 Å². The number of carbonyl (C=O) groups excluding carboxylic acids is 1. The van der Waals surface area contributed by atoms with Crippen LogP contribution in [0.5, 0.6) is 5.75 Å². The minimum Gasteiger partial charge on any atom is -0.488 e. The molecule has 1 aliphatic rings. The topological polar surface area (TPSA) is 85.5 Å². The number of ether oxygens (including phenoxy) is 1. The van der Waals surface area contributed by atoms with Crippen LogP contribution in [-0.4, -0.2) is 40.0 Å². The molecule has 0 spiro atoms. The molecule has 2 aromatic rings. The lowest BCUT2D eigenvalue weighted by Crippen LogP contribution is -2.31. The first-order valence-electron chi connectivity index (χ1n) is 6.95. The summed E-state index contributed by atoms with van der Waals surface area (Å²) < 4.78 is 10.6. The van der Waals surface area contributed by atoms with E-state index < -0.39 is 5.63 Å². The van der Waals surface area contributed by atoms with E-state index in [2.05, 4.69) is 9.97 Å². The lowest BCUT2D eigenvalue weighted by molar-refractivity contribution is 0.0766. The van der Waals surface area contributed by atoms with E-state index in [1.807, 2.05) is 0 Å². The van der Waals surface area contributed by atoms with Gasteiger partial charge in [-0.1, -0.05) is 0 Å². The molecule has 0 N–H and O–H groups in total. The van der Waals surface area contributed by atoms with Crippen molar-refractivity contribution < 1.29 is 13.9 Å². The monoisotopic (exact) mass is 301 g/mol. The number of nitrogens with zero attached hydrogens (tertiary/aromatic N) is 3. The lowest BCUT2D eigenvalue weighted by Gasteiger charge is -2.16. The molecule has 114 valence electrons. The minimum absolute atomic E-state index is 0.151. The molecule has 0 radical (unpaired) electrons. The molecule has 7 nitrogen and oxygen atoms in total. The van der Waals surface area contributed by atoms with Gasteiger partial charge < -0.3 is 14.1 Å². The Balaban J connectivity index is 1.65. The van der Waals surface area contributed by atoms with Gasteiger partial charge in [-0.2, -0.15) is 0 Å². The molecule has 0 saturated carbocycles. The van der Waals surface area contributed by atoms with Crippen molar-refractivity contribution in [3.63, 3.8) is 0 Å². The van der Waals surface area contributed by atoms with Crippen molar-refractivity contribution in [2.45, 2.75) is 19.4 Å². The highest BCUT2D eigenvalue weighted by Gasteiger charge is 2.29. The van der Waals surface area contributed by atoms with E-state index in [4.69, 9.17) is 9.15 Å². The summed E-state index contributed by atoms with van der Waals surface area (Å²) >= 11 is 0. The number of aromatic nitrogens is 2. The quantitative estimate of drug-likeness (QED) is 0.841. The van der Waals surface area contributed by atoms with E-state index in [1.165, 1.54) is 24.7 Å². The van der Waals surface area contributed by atoms with Crippen LogP contribution in [-0.2, 0) is 0 Å². The van der Waals surface area contributed by atoms with Crippen molar-refractivity contribution in [3.05, 3.63) is 52.6 Å². The molecule has 1 saturated heterocycles. The third kappa shape index (κ3) is 3.13. The van der Waals surface area contributed by atoms with Crippen LogP contribution in [0.25, 0.3) is 0 Å². The van der Waals surface area contributed by atoms with Gasteiger partial charge >= 0.3 is 5.63 Å². The van der Waals surface area contributed by atoms with Gasteiger partial charge in [-0.3, -0.25) is 9.78 Å².